The van der Waals surface area contributed by atoms with Crippen molar-refractivity contribution in [1.29, 1.82) is 0 Å². The maximum absolute atomic E-state index is 13.3. The molecule has 2 aliphatic rings. The molecule has 6 nitrogen and oxygen atoms in total. The third-order valence-electron chi connectivity index (χ3n) is 6.32. The molecule has 0 N–H and O–H groups in total. The topological polar surface area (TPSA) is 80.8 Å². The summed E-state index contributed by atoms with van der Waals surface area (Å²) in [5.41, 5.74) is 1.33. The lowest BCUT2D eigenvalue weighted by molar-refractivity contribution is -0.148. The Kier molecular flexibility index (Phi) is 6.14. The SMILES string of the molecule is O=C(c1ccc(COC(=O)C2(S(=O)(=O)c3ccccc3)CCCC2)cc1)N1CCCC1. The van der Waals surface area contributed by atoms with E-state index < -0.39 is 20.6 Å². The Morgan fingerprint density at radius 3 is 2.10 bits per heavy atom. The molecule has 1 aliphatic carbocycles. The minimum Gasteiger partial charge on any atom is -0.460 e. The van der Waals surface area contributed by atoms with Crippen molar-refractivity contribution < 1.29 is 22.7 Å². The van der Waals surface area contributed by atoms with Crippen molar-refractivity contribution in [2.45, 2.75) is 54.8 Å². The Balaban J connectivity index is 1.46. The van der Waals surface area contributed by atoms with Gasteiger partial charge in [0.2, 0.25) is 0 Å². The first-order valence-electron chi connectivity index (χ1n) is 10.8. The van der Waals surface area contributed by atoms with Crippen LogP contribution in [-0.2, 0) is 26.0 Å². The smallest absolute Gasteiger partial charge is 0.328 e. The maximum Gasteiger partial charge on any atom is 0.328 e. The predicted molar refractivity (Wildman–Crippen MR) is 116 cm³/mol. The lowest BCUT2D eigenvalue weighted by atomic mass is 10.1. The van der Waals surface area contributed by atoms with E-state index in [0.29, 0.717) is 18.4 Å². The van der Waals surface area contributed by atoms with E-state index >= 15 is 0 Å². The summed E-state index contributed by atoms with van der Waals surface area (Å²) in [4.78, 5) is 27.5. The van der Waals surface area contributed by atoms with Gasteiger partial charge < -0.3 is 9.64 Å². The van der Waals surface area contributed by atoms with Crippen LogP contribution in [0.15, 0.2) is 59.5 Å². The largest absolute Gasteiger partial charge is 0.460 e. The van der Waals surface area contributed by atoms with Crippen molar-refractivity contribution in [3.05, 3.63) is 65.7 Å². The van der Waals surface area contributed by atoms with Crippen LogP contribution in [0.25, 0.3) is 0 Å². The Morgan fingerprint density at radius 2 is 1.48 bits per heavy atom. The second kappa shape index (κ2) is 8.83. The molecular weight excluding hydrogens is 414 g/mol. The number of sulfone groups is 1. The van der Waals surface area contributed by atoms with Crippen LogP contribution in [0.4, 0.5) is 0 Å². The Hall–Kier alpha value is -2.67. The van der Waals surface area contributed by atoms with Crippen LogP contribution in [0, 0.1) is 0 Å². The van der Waals surface area contributed by atoms with Gasteiger partial charge in [-0.2, -0.15) is 0 Å². The van der Waals surface area contributed by atoms with Gasteiger partial charge in [0.15, 0.2) is 14.6 Å². The number of hydrogen-bond acceptors (Lipinski definition) is 5. The fourth-order valence-electron chi connectivity index (χ4n) is 4.48. The summed E-state index contributed by atoms with van der Waals surface area (Å²) in [6.45, 7) is 1.55. The van der Waals surface area contributed by atoms with E-state index in [9.17, 15) is 18.0 Å². The highest BCUT2D eigenvalue weighted by molar-refractivity contribution is 7.93. The monoisotopic (exact) mass is 441 g/mol. The minimum absolute atomic E-state index is 0.0138. The molecule has 1 heterocycles. The molecule has 0 unspecified atom stereocenters. The first-order chi connectivity index (χ1) is 14.9. The summed E-state index contributed by atoms with van der Waals surface area (Å²) >= 11 is 0. The number of rotatable bonds is 6. The zero-order valence-corrected chi connectivity index (χ0v) is 18.3. The predicted octanol–water partition coefficient (Wildman–Crippen LogP) is 3.75. The van der Waals surface area contributed by atoms with Crippen LogP contribution in [0.3, 0.4) is 0 Å². The molecule has 4 rings (SSSR count). The summed E-state index contributed by atoms with van der Waals surface area (Å²) in [6.07, 6.45) is 3.96. The van der Waals surface area contributed by atoms with Crippen molar-refractivity contribution in [3.8, 4) is 0 Å². The Bertz CT molecular complexity index is 1040. The fraction of sp³-hybridized carbons (Fsp3) is 0.417. The van der Waals surface area contributed by atoms with Gasteiger partial charge in [-0.15, -0.1) is 0 Å². The standard InChI is InChI=1S/C24H27NO5S/c26-22(25-16-6-7-17-25)20-12-10-19(11-13-20)18-30-23(27)24(14-4-5-15-24)31(28,29)21-8-2-1-3-9-21/h1-3,8-13H,4-7,14-18H2. The molecule has 1 amide bonds. The van der Waals surface area contributed by atoms with Crippen LogP contribution in [0.5, 0.6) is 0 Å². The molecule has 2 aromatic carbocycles. The average Bonchev–Trinajstić information content (AvgIpc) is 3.51. The van der Waals surface area contributed by atoms with E-state index in [4.69, 9.17) is 4.74 Å². The minimum atomic E-state index is -3.86. The molecule has 0 aromatic heterocycles. The maximum atomic E-state index is 13.3. The Morgan fingerprint density at radius 1 is 0.871 bits per heavy atom. The highest BCUT2D eigenvalue weighted by Crippen LogP contribution is 2.41. The van der Waals surface area contributed by atoms with Crippen LogP contribution >= 0.6 is 0 Å². The van der Waals surface area contributed by atoms with E-state index in [0.717, 1.165) is 31.5 Å². The number of ether oxygens (including phenoxy) is 1. The molecule has 31 heavy (non-hydrogen) atoms. The molecule has 0 radical (unpaired) electrons. The first kappa shape index (κ1) is 21.6. The van der Waals surface area contributed by atoms with E-state index in [1.54, 1.807) is 42.5 Å². The van der Waals surface area contributed by atoms with E-state index in [1.807, 2.05) is 4.90 Å². The van der Waals surface area contributed by atoms with Crippen LogP contribution in [-0.4, -0.2) is 43.0 Å². The third-order valence-corrected chi connectivity index (χ3v) is 8.81. The molecule has 0 bridgehead atoms. The summed E-state index contributed by atoms with van der Waals surface area (Å²) in [6, 6.07) is 15.1. The number of hydrogen-bond donors (Lipinski definition) is 0. The van der Waals surface area contributed by atoms with Gasteiger partial charge in [0.1, 0.15) is 6.61 Å². The zero-order valence-electron chi connectivity index (χ0n) is 17.5. The van der Waals surface area contributed by atoms with Gasteiger partial charge in [-0.1, -0.05) is 43.2 Å². The quantitative estimate of drug-likeness (QED) is 0.638. The number of benzene rings is 2. The number of amides is 1. The van der Waals surface area contributed by atoms with Crippen LogP contribution in [0.1, 0.15) is 54.4 Å². The Labute approximate surface area is 183 Å². The first-order valence-corrected chi connectivity index (χ1v) is 12.3. The molecule has 7 heteroatoms. The third kappa shape index (κ3) is 4.11. The highest BCUT2D eigenvalue weighted by atomic mass is 32.2. The highest BCUT2D eigenvalue weighted by Gasteiger charge is 2.54. The second-order valence-electron chi connectivity index (χ2n) is 8.29. The van der Waals surface area contributed by atoms with Crippen molar-refractivity contribution in [3.63, 3.8) is 0 Å². The molecule has 0 atom stereocenters. The van der Waals surface area contributed by atoms with Gasteiger partial charge in [0.05, 0.1) is 4.90 Å². The molecule has 1 aliphatic heterocycles. The van der Waals surface area contributed by atoms with E-state index in [-0.39, 0.29) is 30.3 Å². The zero-order chi connectivity index (χ0) is 21.9. The van der Waals surface area contributed by atoms with Gasteiger partial charge in [-0.25, -0.2) is 8.42 Å². The molecule has 2 fully saturated rings. The van der Waals surface area contributed by atoms with E-state index in [2.05, 4.69) is 0 Å². The summed E-state index contributed by atoms with van der Waals surface area (Å²) < 4.78 is 30.6. The summed E-state index contributed by atoms with van der Waals surface area (Å²) in [5.74, 6) is -0.675. The van der Waals surface area contributed by atoms with Crippen LogP contribution < -0.4 is 0 Å². The number of esters is 1. The lowest BCUT2D eigenvalue weighted by Crippen LogP contribution is -2.45. The van der Waals surface area contributed by atoms with Crippen molar-refractivity contribution >= 4 is 21.7 Å². The number of nitrogens with zero attached hydrogens (tertiary/aromatic N) is 1. The van der Waals surface area contributed by atoms with Crippen molar-refractivity contribution in [2.75, 3.05) is 13.1 Å². The summed E-state index contributed by atoms with van der Waals surface area (Å²) in [5, 5.41) is 0. The number of carbonyl (C=O) groups excluding carboxylic acids is 2. The number of carbonyl (C=O) groups is 2. The van der Waals surface area contributed by atoms with Gasteiger partial charge in [-0.05, 0) is 55.5 Å². The van der Waals surface area contributed by atoms with Crippen molar-refractivity contribution in [2.24, 2.45) is 0 Å². The lowest BCUT2D eigenvalue weighted by Gasteiger charge is -2.26. The van der Waals surface area contributed by atoms with Crippen LogP contribution in [0.2, 0.25) is 0 Å². The molecule has 0 spiro atoms. The van der Waals surface area contributed by atoms with Gasteiger partial charge in [0.25, 0.3) is 5.91 Å². The summed E-state index contributed by atoms with van der Waals surface area (Å²) in [7, 11) is -3.86. The fourth-order valence-corrected chi connectivity index (χ4v) is 6.55. The normalized spacial score (nSPS) is 18.1. The second-order valence-corrected chi connectivity index (χ2v) is 10.6. The molecule has 1 saturated carbocycles. The van der Waals surface area contributed by atoms with Gasteiger partial charge in [0, 0.05) is 18.7 Å². The van der Waals surface area contributed by atoms with Crippen molar-refractivity contribution in [1.82, 2.24) is 4.90 Å². The van der Waals surface area contributed by atoms with E-state index in [1.165, 1.54) is 12.1 Å². The molecular formula is C24H27NO5S. The molecule has 1 saturated heterocycles. The average molecular weight is 442 g/mol. The number of likely N-dealkylation sites (tertiary alicyclic amines) is 1. The molecule has 2 aromatic rings. The van der Waals surface area contributed by atoms with Gasteiger partial charge in [-0.3, -0.25) is 9.59 Å². The molecule has 164 valence electrons. The van der Waals surface area contributed by atoms with Gasteiger partial charge >= 0.3 is 5.97 Å².